The van der Waals surface area contributed by atoms with Crippen LogP contribution in [0.5, 0.6) is 11.5 Å². The van der Waals surface area contributed by atoms with Crippen molar-refractivity contribution >= 4 is 23.1 Å². The van der Waals surface area contributed by atoms with Gasteiger partial charge >= 0.3 is 0 Å². The SMILES string of the molecule is O=C(/C=C/Nc1cc(Cl)ccc1F)c1ccc2c(c1)OCO2. The molecule has 6 heteroatoms. The van der Waals surface area contributed by atoms with E-state index in [1.54, 1.807) is 18.2 Å². The molecule has 0 bridgehead atoms. The van der Waals surface area contributed by atoms with Crippen molar-refractivity contribution < 1.29 is 18.7 Å². The Kier molecular flexibility index (Phi) is 3.98. The highest BCUT2D eigenvalue weighted by Gasteiger charge is 2.15. The Morgan fingerprint density at radius 3 is 2.86 bits per heavy atom. The van der Waals surface area contributed by atoms with Crippen LogP contribution in [0.25, 0.3) is 0 Å². The monoisotopic (exact) mass is 319 g/mol. The number of allylic oxidation sites excluding steroid dienone is 1. The molecule has 0 radical (unpaired) electrons. The third-order valence-electron chi connectivity index (χ3n) is 3.06. The number of carbonyl (C=O) groups excluding carboxylic acids is 1. The minimum absolute atomic E-state index is 0.151. The van der Waals surface area contributed by atoms with Gasteiger partial charge in [0, 0.05) is 22.9 Å². The first-order valence-electron chi connectivity index (χ1n) is 6.45. The number of fused-ring (bicyclic) bond motifs is 1. The number of hydrogen-bond donors (Lipinski definition) is 1. The van der Waals surface area contributed by atoms with E-state index in [2.05, 4.69) is 5.32 Å². The lowest BCUT2D eigenvalue weighted by molar-refractivity contribution is 0.104. The summed E-state index contributed by atoms with van der Waals surface area (Å²) in [4.78, 5) is 12.0. The van der Waals surface area contributed by atoms with E-state index in [1.807, 2.05) is 0 Å². The van der Waals surface area contributed by atoms with Crippen LogP contribution in [0.15, 0.2) is 48.7 Å². The minimum Gasteiger partial charge on any atom is -0.454 e. The van der Waals surface area contributed by atoms with Crippen molar-refractivity contribution in [3.63, 3.8) is 0 Å². The summed E-state index contributed by atoms with van der Waals surface area (Å²) < 4.78 is 23.9. The summed E-state index contributed by atoms with van der Waals surface area (Å²) in [5.74, 6) is 0.450. The zero-order valence-corrected chi connectivity index (χ0v) is 12.1. The van der Waals surface area contributed by atoms with Gasteiger partial charge in [-0.2, -0.15) is 0 Å². The Bertz CT molecular complexity index is 761. The predicted octanol–water partition coefficient (Wildman–Crippen LogP) is 4.02. The molecular weight excluding hydrogens is 309 g/mol. The average molecular weight is 320 g/mol. The highest BCUT2D eigenvalue weighted by molar-refractivity contribution is 6.30. The van der Waals surface area contributed by atoms with Gasteiger partial charge in [-0.15, -0.1) is 0 Å². The molecular formula is C16H11ClFNO3. The molecule has 0 saturated carbocycles. The first kappa shape index (κ1) is 14.4. The van der Waals surface area contributed by atoms with Crippen molar-refractivity contribution in [2.45, 2.75) is 0 Å². The molecule has 3 rings (SSSR count). The number of hydrogen-bond acceptors (Lipinski definition) is 4. The maximum absolute atomic E-state index is 13.5. The van der Waals surface area contributed by atoms with Gasteiger partial charge in [0.05, 0.1) is 5.69 Å². The van der Waals surface area contributed by atoms with Crippen molar-refractivity contribution in [3.8, 4) is 11.5 Å². The van der Waals surface area contributed by atoms with Gasteiger partial charge in [0.2, 0.25) is 6.79 Å². The van der Waals surface area contributed by atoms with Crippen molar-refractivity contribution in [1.29, 1.82) is 0 Å². The van der Waals surface area contributed by atoms with Crippen LogP contribution >= 0.6 is 11.6 Å². The quantitative estimate of drug-likeness (QED) is 0.683. The lowest BCUT2D eigenvalue weighted by atomic mass is 10.1. The molecule has 2 aromatic rings. The molecule has 22 heavy (non-hydrogen) atoms. The van der Waals surface area contributed by atoms with Gasteiger partial charge in [0.1, 0.15) is 5.82 Å². The van der Waals surface area contributed by atoms with E-state index in [-0.39, 0.29) is 18.3 Å². The van der Waals surface area contributed by atoms with Gasteiger partial charge in [0.15, 0.2) is 17.3 Å². The fourth-order valence-corrected chi connectivity index (χ4v) is 2.13. The van der Waals surface area contributed by atoms with Gasteiger partial charge in [-0.25, -0.2) is 4.39 Å². The van der Waals surface area contributed by atoms with Crippen LogP contribution in [0.2, 0.25) is 5.02 Å². The van der Waals surface area contributed by atoms with E-state index in [0.717, 1.165) is 0 Å². The molecule has 0 fully saturated rings. The Morgan fingerprint density at radius 1 is 1.18 bits per heavy atom. The maximum atomic E-state index is 13.5. The number of benzene rings is 2. The highest BCUT2D eigenvalue weighted by atomic mass is 35.5. The van der Waals surface area contributed by atoms with Crippen molar-refractivity contribution in [2.75, 3.05) is 12.1 Å². The van der Waals surface area contributed by atoms with Crippen LogP contribution < -0.4 is 14.8 Å². The van der Waals surface area contributed by atoms with Crippen LogP contribution in [0, 0.1) is 5.82 Å². The normalized spacial score (nSPS) is 12.6. The number of rotatable bonds is 4. The van der Waals surface area contributed by atoms with Gasteiger partial charge in [0.25, 0.3) is 0 Å². The number of halogens is 2. The van der Waals surface area contributed by atoms with Crippen LogP contribution in [-0.4, -0.2) is 12.6 Å². The fourth-order valence-electron chi connectivity index (χ4n) is 1.96. The summed E-state index contributed by atoms with van der Waals surface area (Å²) in [6.07, 6.45) is 2.67. The van der Waals surface area contributed by atoms with E-state index in [9.17, 15) is 9.18 Å². The summed E-state index contributed by atoms with van der Waals surface area (Å²) in [7, 11) is 0. The number of ketones is 1. The topological polar surface area (TPSA) is 47.6 Å². The maximum Gasteiger partial charge on any atom is 0.231 e. The molecule has 1 heterocycles. The Morgan fingerprint density at radius 2 is 2.00 bits per heavy atom. The molecule has 112 valence electrons. The first-order valence-corrected chi connectivity index (χ1v) is 6.83. The zero-order chi connectivity index (χ0) is 15.5. The summed E-state index contributed by atoms with van der Waals surface area (Å²) >= 11 is 5.78. The number of ether oxygens (including phenoxy) is 2. The molecule has 0 aromatic heterocycles. The molecule has 0 aliphatic carbocycles. The summed E-state index contributed by atoms with van der Waals surface area (Å²) in [6, 6.07) is 9.05. The minimum atomic E-state index is -0.454. The van der Waals surface area contributed by atoms with Gasteiger partial charge < -0.3 is 14.8 Å². The molecule has 0 unspecified atom stereocenters. The van der Waals surface area contributed by atoms with E-state index in [0.29, 0.717) is 22.1 Å². The van der Waals surface area contributed by atoms with Crippen LogP contribution in [-0.2, 0) is 0 Å². The second-order valence-electron chi connectivity index (χ2n) is 4.53. The predicted molar refractivity (Wildman–Crippen MR) is 81.1 cm³/mol. The second kappa shape index (κ2) is 6.07. The smallest absolute Gasteiger partial charge is 0.231 e. The van der Waals surface area contributed by atoms with Crippen LogP contribution in [0.3, 0.4) is 0 Å². The molecule has 1 N–H and O–H groups in total. The largest absolute Gasteiger partial charge is 0.454 e. The molecule has 0 amide bonds. The van der Waals surface area contributed by atoms with Crippen molar-refractivity contribution in [2.24, 2.45) is 0 Å². The molecule has 1 aliphatic rings. The standard InChI is InChI=1S/C16H11ClFNO3/c17-11-2-3-12(18)13(8-11)19-6-5-14(20)10-1-4-15-16(7-10)22-9-21-15/h1-8,19H,9H2/b6-5+. The molecule has 4 nitrogen and oxygen atoms in total. The third kappa shape index (κ3) is 3.04. The number of carbonyl (C=O) groups is 1. The molecule has 0 spiro atoms. The van der Waals surface area contributed by atoms with Crippen molar-refractivity contribution in [1.82, 2.24) is 0 Å². The van der Waals surface area contributed by atoms with Crippen LogP contribution in [0.1, 0.15) is 10.4 Å². The van der Waals surface area contributed by atoms with Crippen molar-refractivity contribution in [3.05, 3.63) is 65.1 Å². The summed E-state index contributed by atoms with van der Waals surface area (Å²) in [5.41, 5.74) is 0.649. The van der Waals surface area contributed by atoms with Gasteiger partial charge in [-0.1, -0.05) is 11.6 Å². The summed E-state index contributed by atoms with van der Waals surface area (Å²) in [6.45, 7) is 0.151. The van der Waals surface area contributed by atoms with E-state index < -0.39 is 5.82 Å². The highest BCUT2D eigenvalue weighted by Crippen LogP contribution is 2.32. The Balaban J connectivity index is 1.70. The molecule has 1 aliphatic heterocycles. The molecule has 0 atom stereocenters. The van der Waals surface area contributed by atoms with Gasteiger partial charge in [-0.3, -0.25) is 4.79 Å². The van der Waals surface area contributed by atoms with E-state index in [1.165, 1.54) is 30.5 Å². The Labute approximate surface area is 131 Å². The Hall–Kier alpha value is -2.53. The molecule has 0 saturated heterocycles. The van der Waals surface area contributed by atoms with E-state index >= 15 is 0 Å². The van der Waals surface area contributed by atoms with Gasteiger partial charge in [-0.05, 0) is 36.4 Å². The number of nitrogens with one attached hydrogen (secondary N) is 1. The third-order valence-corrected chi connectivity index (χ3v) is 3.29. The fraction of sp³-hybridized carbons (Fsp3) is 0.0625. The van der Waals surface area contributed by atoms with Crippen LogP contribution in [0.4, 0.5) is 10.1 Å². The zero-order valence-electron chi connectivity index (χ0n) is 11.3. The lowest BCUT2D eigenvalue weighted by Crippen LogP contribution is -1.97. The van der Waals surface area contributed by atoms with E-state index in [4.69, 9.17) is 21.1 Å². The lowest BCUT2D eigenvalue weighted by Gasteiger charge is -2.03. The number of anilines is 1. The molecule has 2 aromatic carbocycles. The first-order chi connectivity index (χ1) is 10.6. The average Bonchev–Trinajstić information content (AvgIpc) is 2.98. The second-order valence-corrected chi connectivity index (χ2v) is 4.97. The summed E-state index contributed by atoms with van der Waals surface area (Å²) in [5, 5.41) is 3.09.